The number of carbonyl (C=O) groups excluding carboxylic acids is 1. The summed E-state index contributed by atoms with van der Waals surface area (Å²) in [6.07, 6.45) is 0.341. The monoisotopic (exact) mass is 304 g/mol. The standard InChI is InChI=1S/C7H6O4S.C6H14O2/c8-5-6-3-1-2-4-7(6)12(9,10)11;1-4-7-6(3)8-5-2/h1-5H,(H,9,10,11);6H,4-5H2,1-3H3. The molecule has 0 saturated carbocycles. The second-order valence-corrected chi connectivity index (χ2v) is 5.00. The van der Waals surface area contributed by atoms with Gasteiger partial charge in [-0.05, 0) is 26.8 Å². The second-order valence-electron chi connectivity index (χ2n) is 3.61. The number of hydrogen-bond acceptors (Lipinski definition) is 5. The van der Waals surface area contributed by atoms with Crippen molar-refractivity contribution >= 4 is 16.4 Å². The first-order chi connectivity index (χ1) is 9.36. The van der Waals surface area contributed by atoms with E-state index in [1.165, 1.54) is 24.3 Å². The van der Waals surface area contributed by atoms with Crippen molar-refractivity contribution in [2.45, 2.75) is 32.0 Å². The molecule has 0 aromatic heterocycles. The maximum absolute atomic E-state index is 10.6. The van der Waals surface area contributed by atoms with Crippen molar-refractivity contribution in [3.8, 4) is 0 Å². The molecule has 1 N–H and O–H groups in total. The summed E-state index contributed by atoms with van der Waals surface area (Å²) in [5, 5.41) is 0. The van der Waals surface area contributed by atoms with Crippen LogP contribution in [0.15, 0.2) is 29.2 Å². The fraction of sp³-hybridized carbons (Fsp3) is 0.462. The van der Waals surface area contributed by atoms with Crippen molar-refractivity contribution in [1.82, 2.24) is 0 Å². The van der Waals surface area contributed by atoms with Gasteiger partial charge < -0.3 is 9.47 Å². The molecule has 1 aromatic rings. The Morgan fingerprint density at radius 1 is 1.20 bits per heavy atom. The number of carbonyl (C=O) groups is 1. The molecular formula is C13H20O6S. The van der Waals surface area contributed by atoms with Crippen molar-refractivity contribution < 1.29 is 27.2 Å². The molecule has 114 valence electrons. The number of hydrogen-bond donors (Lipinski definition) is 1. The van der Waals surface area contributed by atoms with E-state index in [1.807, 2.05) is 20.8 Å². The average Bonchev–Trinajstić information content (AvgIpc) is 2.39. The van der Waals surface area contributed by atoms with E-state index < -0.39 is 10.1 Å². The van der Waals surface area contributed by atoms with Crippen LogP contribution in [0.4, 0.5) is 0 Å². The Morgan fingerprint density at radius 3 is 2.05 bits per heavy atom. The van der Waals surface area contributed by atoms with Gasteiger partial charge >= 0.3 is 0 Å². The number of aldehydes is 1. The molecule has 0 saturated heterocycles. The molecule has 0 atom stereocenters. The SMILES string of the molecule is CCOC(C)OCC.O=Cc1ccccc1S(=O)(=O)O. The van der Waals surface area contributed by atoms with Crippen LogP contribution >= 0.6 is 0 Å². The van der Waals surface area contributed by atoms with Crippen LogP contribution in [0.5, 0.6) is 0 Å². The lowest BCUT2D eigenvalue weighted by atomic mass is 10.2. The fourth-order valence-corrected chi connectivity index (χ4v) is 1.99. The summed E-state index contributed by atoms with van der Waals surface area (Å²) >= 11 is 0. The normalized spacial score (nSPS) is 10.8. The van der Waals surface area contributed by atoms with Crippen LogP contribution in [0.1, 0.15) is 31.1 Å². The van der Waals surface area contributed by atoms with Gasteiger partial charge in [-0.2, -0.15) is 8.42 Å². The molecule has 0 aliphatic rings. The molecule has 0 aliphatic carbocycles. The largest absolute Gasteiger partial charge is 0.353 e. The molecule has 20 heavy (non-hydrogen) atoms. The van der Waals surface area contributed by atoms with Crippen molar-refractivity contribution in [3.63, 3.8) is 0 Å². The number of rotatable bonds is 6. The highest BCUT2D eigenvalue weighted by Gasteiger charge is 2.13. The third-order valence-electron chi connectivity index (χ3n) is 2.13. The zero-order chi connectivity index (χ0) is 15.6. The Morgan fingerprint density at radius 2 is 1.70 bits per heavy atom. The van der Waals surface area contributed by atoms with Crippen LogP contribution in [-0.2, 0) is 19.6 Å². The highest BCUT2D eigenvalue weighted by Crippen LogP contribution is 2.12. The summed E-state index contributed by atoms with van der Waals surface area (Å²) < 4.78 is 40.0. The summed E-state index contributed by atoms with van der Waals surface area (Å²) in [5.41, 5.74) is -0.0417. The minimum atomic E-state index is -4.28. The predicted octanol–water partition coefficient (Wildman–Crippen LogP) is 2.15. The predicted molar refractivity (Wildman–Crippen MR) is 74.4 cm³/mol. The Hall–Kier alpha value is -1.28. The maximum atomic E-state index is 10.6. The lowest BCUT2D eigenvalue weighted by Gasteiger charge is -2.09. The van der Waals surface area contributed by atoms with Gasteiger partial charge in [0.2, 0.25) is 0 Å². The molecule has 0 fully saturated rings. The third kappa shape index (κ3) is 7.34. The molecule has 1 rings (SSSR count). The molecule has 1 aromatic carbocycles. The van der Waals surface area contributed by atoms with Gasteiger partial charge in [0.25, 0.3) is 10.1 Å². The van der Waals surface area contributed by atoms with Crippen molar-refractivity contribution in [2.24, 2.45) is 0 Å². The Bertz CT molecular complexity index is 491. The van der Waals surface area contributed by atoms with Crippen molar-refractivity contribution in [1.29, 1.82) is 0 Å². The molecule has 0 unspecified atom stereocenters. The summed E-state index contributed by atoms with van der Waals surface area (Å²) in [5.74, 6) is 0. The van der Waals surface area contributed by atoms with Crippen LogP contribution in [0.2, 0.25) is 0 Å². The Kier molecular flexibility index (Phi) is 8.98. The molecule has 0 bridgehead atoms. The van der Waals surface area contributed by atoms with Crippen molar-refractivity contribution in [2.75, 3.05) is 13.2 Å². The summed E-state index contributed by atoms with van der Waals surface area (Å²) in [6.45, 7) is 7.25. The van der Waals surface area contributed by atoms with Crippen LogP contribution in [-0.4, -0.2) is 38.8 Å². The van der Waals surface area contributed by atoms with Crippen LogP contribution in [0, 0.1) is 0 Å². The van der Waals surface area contributed by atoms with E-state index in [0.717, 1.165) is 13.2 Å². The quantitative estimate of drug-likeness (QED) is 0.492. The lowest BCUT2D eigenvalue weighted by Crippen LogP contribution is -2.11. The van der Waals surface area contributed by atoms with E-state index in [2.05, 4.69) is 0 Å². The summed E-state index contributed by atoms with van der Waals surface area (Å²) in [6, 6.07) is 5.42. The topological polar surface area (TPSA) is 89.9 Å². The van der Waals surface area contributed by atoms with Crippen LogP contribution in [0.25, 0.3) is 0 Å². The zero-order valence-corrected chi connectivity index (χ0v) is 12.6. The highest BCUT2D eigenvalue weighted by molar-refractivity contribution is 7.86. The smallest absolute Gasteiger partial charge is 0.295 e. The Balaban J connectivity index is 0.000000396. The van der Waals surface area contributed by atoms with E-state index >= 15 is 0 Å². The second kappa shape index (κ2) is 9.60. The van der Waals surface area contributed by atoms with Gasteiger partial charge in [0.1, 0.15) is 4.90 Å². The molecule has 6 nitrogen and oxygen atoms in total. The first-order valence-electron chi connectivity index (χ1n) is 6.11. The van der Waals surface area contributed by atoms with E-state index in [0.29, 0.717) is 6.29 Å². The lowest BCUT2D eigenvalue weighted by molar-refractivity contribution is -0.123. The third-order valence-corrected chi connectivity index (χ3v) is 3.05. The van der Waals surface area contributed by atoms with Gasteiger partial charge in [0.05, 0.1) is 0 Å². The molecule has 0 spiro atoms. The number of benzene rings is 1. The molecule has 0 heterocycles. The zero-order valence-electron chi connectivity index (χ0n) is 11.8. The average molecular weight is 304 g/mol. The van der Waals surface area contributed by atoms with E-state index in [4.69, 9.17) is 14.0 Å². The molecule has 0 aliphatic heterocycles. The highest BCUT2D eigenvalue weighted by atomic mass is 32.2. The minimum Gasteiger partial charge on any atom is -0.353 e. The fourth-order valence-electron chi connectivity index (χ4n) is 1.33. The van der Waals surface area contributed by atoms with Crippen LogP contribution < -0.4 is 0 Å². The Labute approximate surface area is 119 Å². The first-order valence-corrected chi connectivity index (χ1v) is 7.55. The molecular weight excluding hydrogens is 284 g/mol. The molecule has 0 radical (unpaired) electrons. The van der Waals surface area contributed by atoms with Crippen molar-refractivity contribution in [3.05, 3.63) is 29.8 Å². The van der Waals surface area contributed by atoms with Gasteiger partial charge in [-0.1, -0.05) is 18.2 Å². The summed E-state index contributed by atoms with van der Waals surface area (Å²) in [4.78, 5) is 9.94. The minimum absolute atomic E-state index is 0.0370. The maximum Gasteiger partial charge on any atom is 0.295 e. The number of ether oxygens (including phenoxy) is 2. The van der Waals surface area contributed by atoms with Crippen LogP contribution in [0.3, 0.4) is 0 Å². The van der Waals surface area contributed by atoms with Gasteiger partial charge in [-0.25, -0.2) is 0 Å². The first kappa shape index (κ1) is 18.7. The molecule has 7 heteroatoms. The van der Waals surface area contributed by atoms with Gasteiger partial charge in [-0.15, -0.1) is 0 Å². The van der Waals surface area contributed by atoms with Gasteiger partial charge in [0.15, 0.2) is 12.6 Å². The van der Waals surface area contributed by atoms with E-state index in [9.17, 15) is 13.2 Å². The van der Waals surface area contributed by atoms with Gasteiger partial charge in [0, 0.05) is 18.8 Å². The summed E-state index contributed by atoms with van der Waals surface area (Å²) in [7, 11) is -4.28. The van der Waals surface area contributed by atoms with E-state index in [-0.39, 0.29) is 16.7 Å². The molecule has 0 amide bonds. The van der Waals surface area contributed by atoms with E-state index in [1.54, 1.807) is 0 Å². The van der Waals surface area contributed by atoms with Gasteiger partial charge in [-0.3, -0.25) is 9.35 Å².